The molecule has 0 radical (unpaired) electrons. The molecule has 0 aliphatic carbocycles. The van der Waals surface area contributed by atoms with Crippen molar-refractivity contribution in [3.05, 3.63) is 51.5 Å². The van der Waals surface area contributed by atoms with Crippen molar-refractivity contribution in [3.8, 4) is 5.75 Å². The number of thiazole rings is 1. The van der Waals surface area contributed by atoms with E-state index in [0.717, 1.165) is 20.8 Å². The smallest absolute Gasteiger partial charge is 0.272 e. The van der Waals surface area contributed by atoms with Gasteiger partial charge in [0.1, 0.15) is 11.3 Å². The summed E-state index contributed by atoms with van der Waals surface area (Å²) >= 11 is 3.07. The van der Waals surface area contributed by atoms with Gasteiger partial charge in [0.05, 0.1) is 11.3 Å². The molecule has 0 unspecified atom stereocenters. The monoisotopic (exact) mass is 344 g/mol. The molecule has 23 heavy (non-hydrogen) atoms. The van der Waals surface area contributed by atoms with Gasteiger partial charge in [-0.25, -0.2) is 0 Å². The number of aromatic nitrogens is 1. The number of fused-ring (bicyclic) bond motifs is 1. The Morgan fingerprint density at radius 1 is 1.35 bits per heavy atom. The normalized spacial score (nSPS) is 12.3. The van der Waals surface area contributed by atoms with Crippen LogP contribution in [0.15, 0.2) is 46.8 Å². The lowest BCUT2D eigenvalue weighted by Crippen LogP contribution is -2.12. The van der Waals surface area contributed by atoms with Gasteiger partial charge >= 0.3 is 0 Å². The van der Waals surface area contributed by atoms with Crippen LogP contribution < -0.4 is 9.54 Å². The number of carbonyl (C=O) groups excluding carboxylic acids is 1. The number of aryl methyl sites for hydroxylation is 1. The zero-order valence-electron chi connectivity index (χ0n) is 12.9. The van der Waals surface area contributed by atoms with Crippen LogP contribution in [0.3, 0.4) is 0 Å². The molecular formula is C17H16N2O2S2. The number of benzene rings is 1. The van der Waals surface area contributed by atoms with Crippen molar-refractivity contribution >= 4 is 44.9 Å². The van der Waals surface area contributed by atoms with E-state index < -0.39 is 0 Å². The van der Waals surface area contributed by atoms with Gasteiger partial charge in [0, 0.05) is 18.0 Å². The maximum Gasteiger partial charge on any atom is 0.272 e. The Labute approximate surface area is 142 Å². The molecule has 4 nitrogen and oxygen atoms in total. The van der Waals surface area contributed by atoms with Crippen molar-refractivity contribution in [1.29, 1.82) is 0 Å². The Bertz CT molecular complexity index is 918. The summed E-state index contributed by atoms with van der Waals surface area (Å²) in [5.74, 6) is 0.547. The Hall–Kier alpha value is -2.18. The molecule has 118 valence electrons. The fourth-order valence-corrected chi connectivity index (χ4v) is 3.88. The Morgan fingerprint density at radius 3 is 2.96 bits per heavy atom. The third-order valence-electron chi connectivity index (χ3n) is 3.22. The third-order valence-corrected chi connectivity index (χ3v) is 5.16. The SMILES string of the molecule is CCOc1cccc2sc(=NC(=O)/C=C/c3cccs3)n(C)c12. The van der Waals surface area contributed by atoms with E-state index in [2.05, 4.69) is 4.99 Å². The average Bonchev–Trinajstić information content (AvgIpc) is 3.15. The van der Waals surface area contributed by atoms with Crippen LogP contribution in [0.5, 0.6) is 5.75 Å². The standard InChI is InChI=1S/C17H16N2O2S2/c1-3-21-13-7-4-8-14-16(13)19(2)17(23-14)18-15(20)10-9-12-6-5-11-22-12/h4-11H,3H2,1-2H3/b10-9+,18-17?. The number of ether oxygens (including phenoxy) is 1. The van der Waals surface area contributed by atoms with Gasteiger partial charge in [0.25, 0.3) is 5.91 Å². The molecule has 0 fully saturated rings. The number of rotatable bonds is 4. The summed E-state index contributed by atoms with van der Waals surface area (Å²) in [4.78, 5) is 18.0. The van der Waals surface area contributed by atoms with E-state index in [9.17, 15) is 4.79 Å². The van der Waals surface area contributed by atoms with Crippen LogP contribution in [0, 0.1) is 0 Å². The highest BCUT2D eigenvalue weighted by Crippen LogP contribution is 2.26. The molecule has 0 saturated carbocycles. The fraction of sp³-hybridized carbons (Fsp3) is 0.176. The van der Waals surface area contributed by atoms with Crippen molar-refractivity contribution < 1.29 is 9.53 Å². The predicted octanol–water partition coefficient (Wildman–Crippen LogP) is 3.84. The summed E-state index contributed by atoms with van der Waals surface area (Å²) in [6, 6.07) is 9.80. The van der Waals surface area contributed by atoms with Crippen LogP contribution in [0.25, 0.3) is 16.3 Å². The van der Waals surface area contributed by atoms with E-state index >= 15 is 0 Å². The van der Waals surface area contributed by atoms with Gasteiger partial charge in [0.15, 0.2) is 4.80 Å². The molecule has 0 aliphatic heterocycles. The van der Waals surface area contributed by atoms with Crippen LogP contribution in [-0.2, 0) is 11.8 Å². The minimum Gasteiger partial charge on any atom is -0.492 e. The zero-order chi connectivity index (χ0) is 16.2. The molecule has 6 heteroatoms. The van der Waals surface area contributed by atoms with Crippen LogP contribution in [-0.4, -0.2) is 17.1 Å². The minimum atomic E-state index is -0.265. The summed E-state index contributed by atoms with van der Waals surface area (Å²) in [6.07, 6.45) is 3.29. The molecule has 2 heterocycles. The van der Waals surface area contributed by atoms with E-state index in [1.54, 1.807) is 17.4 Å². The van der Waals surface area contributed by atoms with Gasteiger partial charge in [0.2, 0.25) is 0 Å². The second kappa shape index (κ2) is 6.93. The van der Waals surface area contributed by atoms with Gasteiger partial charge in [-0.05, 0) is 36.6 Å². The van der Waals surface area contributed by atoms with Crippen molar-refractivity contribution in [2.24, 2.45) is 12.0 Å². The quantitative estimate of drug-likeness (QED) is 0.675. The zero-order valence-corrected chi connectivity index (χ0v) is 14.5. The van der Waals surface area contributed by atoms with Gasteiger partial charge in [-0.1, -0.05) is 23.5 Å². The van der Waals surface area contributed by atoms with Crippen molar-refractivity contribution in [3.63, 3.8) is 0 Å². The molecule has 1 amide bonds. The first kappa shape index (κ1) is 15.7. The van der Waals surface area contributed by atoms with Crippen LogP contribution >= 0.6 is 22.7 Å². The van der Waals surface area contributed by atoms with Crippen molar-refractivity contribution in [1.82, 2.24) is 4.57 Å². The second-order valence-electron chi connectivity index (χ2n) is 4.78. The van der Waals surface area contributed by atoms with E-state index in [1.807, 2.05) is 54.3 Å². The molecule has 3 rings (SSSR count). The summed E-state index contributed by atoms with van der Waals surface area (Å²) in [5.41, 5.74) is 0.966. The van der Waals surface area contributed by atoms with Gasteiger partial charge in [-0.2, -0.15) is 4.99 Å². The number of para-hydroxylation sites is 1. The molecule has 0 N–H and O–H groups in total. The first-order chi connectivity index (χ1) is 11.2. The largest absolute Gasteiger partial charge is 0.492 e. The fourth-order valence-electron chi connectivity index (χ4n) is 2.22. The number of nitrogens with zero attached hydrogens (tertiary/aromatic N) is 2. The summed E-state index contributed by atoms with van der Waals surface area (Å²) in [5, 5.41) is 1.97. The minimum absolute atomic E-state index is 0.265. The van der Waals surface area contributed by atoms with Gasteiger partial charge in [-0.3, -0.25) is 4.79 Å². The van der Waals surface area contributed by atoms with E-state index in [4.69, 9.17) is 4.74 Å². The molecule has 3 aromatic rings. The van der Waals surface area contributed by atoms with Gasteiger partial charge < -0.3 is 9.30 Å². The third kappa shape index (κ3) is 3.43. The highest BCUT2D eigenvalue weighted by Gasteiger charge is 2.09. The molecule has 1 aromatic carbocycles. The number of hydrogen-bond donors (Lipinski definition) is 0. The van der Waals surface area contributed by atoms with E-state index in [1.165, 1.54) is 17.4 Å². The molecule has 0 saturated heterocycles. The molecule has 0 aliphatic rings. The maximum absolute atomic E-state index is 12.1. The summed E-state index contributed by atoms with van der Waals surface area (Å²) < 4.78 is 8.61. The summed E-state index contributed by atoms with van der Waals surface area (Å²) in [6.45, 7) is 2.55. The highest BCUT2D eigenvalue weighted by atomic mass is 32.1. The molecule has 0 atom stereocenters. The summed E-state index contributed by atoms with van der Waals surface area (Å²) in [7, 11) is 1.90. The van der Waals surface area contributed by atoms with Crippen molar-refractivity contribution in [2.45, 2.75) is 6.92 Å². The number of hydrogen-bond acceptors (Lipinski definition) is 4. The number of thiophene rings is 1. The Balaban J connectivity index is 1.97. The second-order valence-corrected chi connectivity index (χ2v) is 6.77. The Morgan fingerprint density at radius 2 is 2.22 bits per heavy atom. The first-order valence-electron chi connectivity index (χ1n) is 7.20. The number of amides is 1. The lowest BCUT2D eigenvalue weighted by molar-refractivity contribution is -0.113. The van der Waals surface area contributed by atoms with Crippen molar-refractivity contribution in [2.75, 3.05) is 6.61 Å². The lowest BCUT2D eigenvalue weighted by Gasteiger charge is -2.05. The molecule has 2 aromatic heterocycles. The highest BCUT2D eigenvalue weighted by molar-refractivity contribution is 7.16. The Kier molecular flexibility index (Phi) is 4.73. The predicted molar refractivity (Wildman–Crippen MR) is 95.9 cm³/mol. The number of carbonyl (C=O) groups is 1. The van der Waals surface area contributed by atoms with Crippen LogP contribution in [0.4, 0.5) is 0 Å². The molecule has 0 spiro atoms. The van der Waals surface area contributed by atoms with E-state index in [-0.39, 0.29) is 5.91 Å². The molecular weight excluding hydrogens is 328 g/mol. The van der Waals surface area contributed by atoms with Gasteiger partial charge in [-0.15, -0.1) is 11.3 Å². The average molecular weight is 344 g/mol. The van der Waals surface area contributed by atoms with Crippen LogP contribution in [0.2, 0.25) is 0 Å². The topological polar surface area (TPSA) is 43.6 Å². The van der Waals surface area contributed by atoms with Crippen LogP contribution in [0.1, 0.15) is 11.8 Å². The maximum atomic E-state index is 12.1. The van der Waals surface area contributed by atoms with E-state index in [0.29, 0.717) is 11.4 Å². The first-order valence-corrected chi connectivity index (χ1v) is 8.90. The lowest BCUT2D eigenvalue weighted by atomic mass is 10.3. The molecule has 0 bridgehead atoms.